The molecule has 0 aliphatic rings. The number of Topliss-reactive ketones (excluding diaryl/α,β-unsaturated/α-hetero) is 1. The largest absolute Gasteiger partial charge is 0.507 e. The molecule has 0 aromatic heterocycles. The highest BCUT2D eigenvalue weighted by molar-refractivity contribution is 6.00. The topological polar surface area (TPSA) is 72.8 Å². The molecule has 1 N–H and O–H groups in total. The number of carbonyl (C=O) groups excluding carboxylic acids is 2. The molecule has 5 nitrogen and oxygen atoms in total. The van der Waals surface area contributed by atoms with E-state index in [9.17, 15) is 23.5 Å². The smallest absolute Gasteiger partial charge is 0.387 e. The molecule has 0 saturated heterocycles. The van der Waals surface area contributed by atoms with Gasteiger partial charge in [-0.3, -0.25) is 4.79 Å². The molecule has 0 heterocycles. The van der Waals surface area contributed by atoms with Gasteiger partial charge in [-0.05, 0) is 43.3 Å². The Labute approximate surface area is 136 Å². The average Bonchev–Trinajstić information content (AvgIpc) is 2.54. The first-order chi connectivity index (χ1) is 11.4. The van der Waals surface area contributed by atoms with E-state index in [2.05, 4.69) is 4.74 Å². The van der Waals surface area contributed by atoms with Crippen LogP contribution in [0.5, 0.6) is 11.5 Å². The summed E-state index contributed by atoms with van der Waals surface area (Å²) in [5, 5.41) is 9.63. The van der Waals surface area contributed by atoms with Crippen LogP contribution in [0.1, 0.15) is 26.3 Å². The molecule has 0 amide bonds. The molecule has 0 atom stereocenters. The number of alkyl halides is 2. The lowest BCUT2D eigenvalue weighted by Crippen LogP contribution is -2.14. The monoisotopic (exact) mass is 336 g/mol. The van der Waals surface area contributed by atoms with Crippen molar-refractivity contribution in [1.82, 2.24) is 0 Å². The molecule has 7 heteroatoms. The molecule has 24 heavy (non-hydrogen) atoms. The quantitative estimate of drug-likeness (QED) is 0.647. The van der Waals surface area contributed by atoms with Crippen LogP contribution in [0.4, 0.5) is 8.78 Å². The number of aryl methyl sites for hydroxylation is 1. The molecule has 2 aromatic carbocycles. The van der Waals surface area contributed by atoms with E-state index in [-0.39, 0.29) is 22.6 Å². The number of rotatable bonds is 6. The van der Waals surface area contributed by atoms with Crippen LogP contribution in [-0.2, 0) is 4.74 Å². The molecule has 0 radical (unpaired) electrons. The van der Waals surface area contributed by atoms with E-state index in [0.717, 1.165) is 5.56 Å². The minimum atomic E-state index is -2.95. The number of aromatic hydroxyl groups is 1. The molecule has 2 aromatic rings. The molecule has 2 rings (SSSR count). The van der Waals surface area contributed by atoms with Crippen LogP contribution < -0.4 is 4.74 Å². The minimum Gasteiger partial charge on any atom is -0.507 e. The second-order valence-electron chi connectivity index (χ2n) is 4.92. The molecule has 126 valence electrons. The summed E-state index contributed by atoms with van der Waals surface area (Å²) in [5.41, 5.74) is 0.891. The van der Waals surface area contributed by atoms with Gasteiger partial charge in [-0.1, -0.05) is 11.6 Å². The van der Waals surface area contributed by atoms with Gasteiger partial charge in [0.2, 0.25) is 0 Å². The molecule has 0 fully saturated rings. The van der Waals surface area contributed by atoms with Crippen LogP contribution in [0, 0.1) is 6.92 Å². The molecule has 0 aliphatic carbocycles. The van der Waals surface area contributed by atoms with Crippen molar-refractivity contribution in [3.05, 3.63) is 59.2 Å². The van der Waals surface area contributed by atoms with Crippen LogP contribution in [0.25, 0.3) is 0 Å². The summed E-state index contributed by atoms with van der Waals surface area (Å²) in [6, 6.07) is 9.44. The number of phenolic OH excluding ortho intramolecular Hbond substituents is 1. The van der Waals surface area contributed by atoms with E-state index in [0.29, 0.717) is 0 Å². The number of hydrogen-bond donors (Lipinski definition) is 1. The van der Waals surface area contributed by atoms with Gasteiger partial charge < -0.3 is 14.6 Å². The minimum absolute atomic E-state index is 0.0384. The summed E-state index contributed by atoms with van der Waals surface area (Å²) < 4.78 is 33.1. The molecule has 0 bridgehead atoms. The van der Waals surface area contributed by atoms with E-state index in [4.69, 9.17) is 4.74 Å². The van der Waals surface area contributed by atoms with E-state index in [1.165, 1.54) is 36.4 Å². The van der Waals surface area contributed by atoms with Gasteiger partial charge in [0.1, 0.15) is 17.1 Å². The average molecular weight is 336 g/mol. The van der Waals surface area contributed by atoms with Crippen molar-refractivity contribution in [2.24, 2.45) is 0 Å². The lowest BCUT2D eigenvalue weighted by molar-refractivity contribution is -0.0498. The summed E-state index contributed by atoms with van der Waals surface area (Å²) in [7, 11) is 0. The lowest BCUT2D eigenvalue weighted by atomic mass is 10.1. The molecule has 0 aliphatic heterocycles. The number of ether oxygens (including phenoxy) is 2. The molecule has 0 spiro atoms. The summed E-state index contributed by atoms with van der Waals surface area (Å²) in [6.45, 7) is -1.75. The number of halogens is 2. The fourth-order valence-corrected chi connectivity index (χ4v) is 1.93. The van der Waals surface area contributed by atoms with Crippen LogP contribution in [-0.4, -0.2) is 30.1 Å². The summed E-state index contributed by atoms with van der Waals surface area (Å²) in [4.78, 5) is 23.8. The number of ketones is 1. The standard InChI is InChI=1S/C17H14F2O5/c1-10-2-7-14(20)13(8-10)16(22)23-9-15(21)11-3-5-12(6-4-11)24-17(18)19/h2-8,17,20H,9H2,1H3. The number of esters is 1. The first-order valence-electron chi connectivity index (χ1n) is 6.91. The highest BCUT2D eigenvalue weighted by atomic mass is 19.3. The maximum Gasteiger partial charge on any atom is 0.387 e. The first kappa shape index (κ1) is 17.4. The van der Waals surface area contributed by atoms with Crippen LogP contribution >= 0.6 is 0 Å². The van der Waals surface area contributed by atoms with E-state index >= 15 is 0 Å². The Bertz CT molecular complexity index is 741. The Morgan fingerprint density at radius 1 is 1.12 bits per heavy atom. The van der Waals surface area contributed by atoms with Gasteiger partial charge in [-0.15, -0.1) is 0 Å². The maximum absolute atomic E-state index is 12.0. The normalized spacial score (nSPS) is 10.5. The zero-order valence-electron chi connectivity index (χ0n) is 12.7. The van der Waals surface area contributed by atoms with E-state index < -0.39 is 25.0 Å². The predicted molar refractivity (Wildman–Crippen MR) is 80.5 cm³/mol. The Morgan fingerprint density at radius 2 is 1.79 bits per heavy atom. The van der Waals surface area contributed by atoms with Crippen LogP contribution in [0.3, 0.4) is 0 Å². The van der Waals surface area contributed by atoms with Crippen molar-refractivity contribution < 1.29 is 33.0 Å². The number of carbonyl (C=O) groups is 2. The van der Waals surface area contributed by atoms with Gasteiger partial charge in [0.05, 0.1) is 0 Å². The van der Waals surface area contributed by atoms with E-state index in [1.807, 2.05) is 0 Å². The van der Waals surface area contributed by atoms with Gasteiger partial charge >= 0.3 is 12.6 Å². The molecule has 0 unspecified atom stereocenters. The van der Waals surface area contributed by atoms with Gasteiger partial charge in [-0.2, -0.15) is 8.78 Å². The number of benzene rings is 2. The van der Waals surface area contributed by atoms with Crippen molar-refractivity contribution in [2.75, 3.05) is 6.61 Å². The second kappa shape index (κ2) is 7.54. The highest BCUT2D eigenvalue weighted by Crippen LogP contribution is 2.19. The Hall–Kier alpha value is -2.96. The van der Waals surface area contributed by atoms with Crippen LogP contribution in [0.2, 0.25) is 0 Å². The third-order valence-electron chi connectivity index (χ3n) is 3.11. The van der Waals surface area contributed by atoms with Gasteiger partial charge in [0.15, 0.2) is 12.4 Å². The van der Waals surface area contributed by atoms with Crippen molar-refractivity contribution >= 4 is 11.8 Å². The third kappa shape index (κ3) is 4.52. The first-order valence-corrected chi connectivity index (χ1v) is 6.91. The molecule has 0 saturated carbocycles. The van der Waals surface area contributed by atoms with Crippen LogP contribution in [0.15, 0.2) is 42.5 Å². The Kier molecular flexibility index (Phi) is 5.47. The number of phenols is 1. The Morgan fingerprint density at radius 3 is 2.42 bits per heavy atom. The van der Waals surface area contributed by atoms with Crippen molar-refractivity contribution in [3.8, 4) is 11.5 Å². The zero-order chi connectivity index (χ0) is 17.7. The van der Waals surface area contributed by atoms with Gasteiger partial charge in [0.25, 0.3) is 0 Å². The highest BCUT2D eigenvalue weighted by Gasteiger charge is 2.15. The van der Waals surface area contributed by atoms with Gasteiger partial charge in [0, 0.05) is 5.56 Å². The third-order valence-corrected chi connectivity index (χ3v) is 3.11. The van der Waals surface area contributed by atoms with Crippen molar-refractivity contribution in [1.29, 1.82) is 0 Å². The second-order valence-corrected chi connectivity index (χ2v) is 4.92. The maximum atomic E-state index is 12.0. The zero-order valence-corrected chi connectivity index (χ0v) is 12.7. The van der Waals surface area contributed by atoms with Crippen molar-refractivity contribution in [2.45, 2.75) is 13.5 Å². The fourth-order valence-electron chi connectivity index (χ4n) is 1.93. The summed E-state index contributed by atoms with van der Waals surface area (Å²) in [6.07, 6.45) is 0. The molecular weight excluding hydrogens is 322 g/mol. The SMILES string of the molecule is Cc1ccc(O)c(C(=O)OCC(=O)c2ccc(OC(F)F)cc2)c1. The fraction of sp³-hybridized carbons (Fsp3) is 0.176. The predicted octanol–water partition coefficient (Wildman–Crippen LogP) is 3.34. The summed E-state index contributed by atoms with van der Waals surface area (Å²) >= 11 is 0. The lowest BCUT2D eigenvalue weighted by Gasteiger charge is -2.08. The summed E-state index contributed by atoms with van der Waals surface area (Å²) in [5.74, 6) is -1.67. The van der Waals surface area contributed by atoms with Crippen molar-refractivity contribution in [3.63, 3.8) is 0 Å². The van der Waals surface area contributed by atoms with E-state index in [1.54, 1.807) is 13.0 Å². The molecular formula is C17H14F2O5. The van der Waals surface area contributed by atoms with Gasteiger partial charge in [-0.25, -0.2) is 4.79 Å². The Balaban J connectivity index is 1.97. The number of hydrogen-bond acceptors (Lipinski definition) is 5.